The number of hydrogen-bond donors (Lipinski definition) is 2. The van der Waals surface area contributed by atoms with E-state index in [1.807, 2.05) is 12.1 Å². The van der Waals surface area contributed by atoms with Gasteiger partial charge in [-0.05, 0) is 31.2 Å². The molecular formula is C12H14N2O2. The predicted octanol–water partition coefficient (Wildman–Crippen LogP) is 1.57. The van der Waals surface area contributed by atoms with Gasteiger partial charge in [-0.25, -0.2) is 4.79 Å². The van der Waals surface area contributed by atoms with Gasteiger partial charge in [0.05, 0.1) is 13.2 Å². The minimum absolute atomic E-state index is 0.336. The molecule has 0 saturated carbocycles. The maximum Gasteiger partial charge on any atom is 0.411 e. The summed E-state index contributed by atoms with van der Waals surface area (Å²) >= 11 is 0. The van der Waals surface area contributed by atoms with Crippen molar-refractivity contribution >= 4 is 11.8 Å². The number of ether oxygens (including phenoxy) is 1. The zero-order valence-electron chi connectivity index (χ0n) is 9.12. The first-order valence-electron chi connectivity index (χ1n) is 4.99. The Balaban J connectivity index is 2.61. The van der Waals surface area contributed by atoms with E-state index in [9.17, 15) is 4.79 Å². The number of anilines is 1. The topological polar surface area (TPSA) is 64.3 Å². The summed E-state index contributed by atoms with van der Waals surface area (Å²) in [5.74, 6) is 5.64. The molecule has 0 atom stereocenters. The number of rotatable bonds is 2. The largest absolute Gasteiger partial charge is 0.450 e. The number of carbonyl (C=O) groups excluding carboxylic acids is 1. The van der Waals surface area contributed by atoms with E-state index in [0.717, 1.165) is 5.56 Å². The lowest BCUT2D eigenvalue weighted by atomic mass is 10.2. The summed E-state index contributed by atoms with van der Waals surface area (Å²) in [6.07, 6.45) is -0.455. The predicted molar refractivity (Wildman–Crippen MR) is 63.0 cm³/mol. The van der Waals surface area contributed by atoms with Crippen LogP contribution in [-0.2, 0) is 4.74 Å². The number of hydrogen-bond acceptors (Lipinski definition) is 3. The first-order chi connectivity index (χ1) is 7.76. The Labute approximate surface area is 94.8 Å². The molecule has 0 radical (unpaired) electrons. The Morgan fingerprint density at radius 2 is 2.12 bits per heavy atom. The Morgan fingerprint density at radius 1 is 1.44 bits per heavy atom. The highest BCUT2D eigenvalue weighted by Crippen LogP contribution is 2.08. The van der Waals surface area contributed by atoms with Crippen molar-refractivity contribution in [3.05, 3.63) is 29.8 Å². The second-order valence-electron chi connectivity index (χ2n) is 2.93. The molecule has 3 N–H and O–H groups in total. The maximum absolute atomic E-state index is 11.1. The van der Waals surface area contributed by atoms with Gasteiger partial charge in [-0.1, -0.05) is 11.8 Å². The molecule has 0 fully saturated rings. The van der Waals surface area contributed by atoms with Gasteiger partial charge in [-0.3, -0.25) is 5.32 Å². The number of nitrogens with two attached hydrogens (primary N) is 1. The van der Waals surface area contributed by atoms with Gasteiger partial charge in [0.25, 0.3) is 0 Å². The molecule has 4 heteroatoms. The first-order valence-corrected chi connectivity index (χ1v) is 4.99. The van der Waals surface area contributed by atoms with Crippen LogP contribution in [0.2, 0.25) is 0 Å². The van der Waals surface area contributed by atoms with Crippen molar-refractivity contribution in [1.82, 2.24) is 0 Å². The van der Waals surface area contributed by atoms with Crippen LogP contribution in [0, 0.1) is 11.8 Å². The van der Waals surface area contributed by atoms with E-state index in [4.69, 9.17) is 10.5 Å². The summed E-state index contributed by atoms with van der Waals surface area (Å²) in [5, 5.41) is 2.59. The Morgan fingerprint density at radius 3 is 2.69 bits per heavy atom. The van der Waals surface area contributed by atoms with Crippen LogP contribution in [0.5, 0.6) is 0 Å². The van der Waals surface area contributed by atoms with Crippen LogP contribution in [0.1, 0.15) is 12.5 Å². The monoisotopic (exact) mass is 218 g/mol. The standard InChI is InChI=1S/C12H14N2O2/c1-2-16-12(15)14-11-7-5-10(6-8-11)4-3-9-13/h5-8H,2,9,13H2,1H3,(H,14,15). The smallest absolute Gasteiger partial charge is 0.411 e. The molecule has 0 heterocycles. The molecule has 1 aromatic rings. The Bertz CT molecular complexity index is 401. The lowest BCUT2D eigenvalue weighted by Crippen LogP contribution is -2.13. The summed E-state index contributed by atoms with van der Waals surface area (Å²) in [7, 11) is 0. The van der Waals surface area contributed by atoms with Gasteiger partial charge in [0.1, 0.15) is 0 Å². The molecule has 0 unspecified atom stereocenters. The molecule has 16 heavy (non-hydrogen) atoms. The van der Waals surface area contributed by atoms with Crippen molar-refractivity contribution in [2.45, 2.75) is 6.92 Å². The van der Waals surface area contributed by atoms with Gasteiger partial charge in [0.2, 0.25) is 0 Å². The van der Waals surface area contributed by atoms with E-state index in [0.29, 0.717) is 18.8 Å². The fourth-order valence-corrected chi connectivity index (χ4v) is 1.08. The van der Waals surface area contributed by atoms with Gasteiger partial charge >= 0.3 is 6.09 Å². The van der Waals surface area contributed by atoms with E-state index >= 15 is 0 Å². The highest BCUT2D eigenvalue weighted by molar-refractivity contribution is 5.84. The molecule has 0 aliphatic heterocycles. The quantitative estimate of drug-likeness (QED) is 0.740. The van der Waals surface area contributed by atoms with Gasteiger partial charge in [-0.15, -0.1) is 0 Å². The van der Waals surface area contributed by atoms with E-state index in [1.54, 1.807) is 19.1 Å². The molecule has 0 saturated heterocycles. The van der Waals surface area contributed by atoms with Crippen LogP contribution in [0.4, 0.5) is 10.5 Å². The van der Waals surface area contributed by atoms with Gasteiger partial charge in [0.15, 0.2) is 0 Å². The van der Waals surface area contributed by atoms with Crippen LogP contribution in [0.15, 0.2) is 24.3 Å². The number of carbonyl (C=O) groups is 1. The highest BCUT2D eigenvalue weighted by atomic mass is 16.5. The number of amides is 1. The summed E-state index contributed by atoms with van der Waals surface area (Å²) in [5.41, 5.74) is 6.80. The van der Waals surface area contributed by atoms with Crippen molar-refractivity contribution in [2.24, 2.45) is 5.73 Å². The van der Waals surface area contributed by atoms with Gasteiger partial charge in [-0.2, -0.15) is 0 Å². The summed E-state index contributed by atoms with van der Waals surface area (Å²) in [6.45, 7) is 2.44. The molecule has 0 aliphatic rings. The second kappa shape index (κ2) is 6.49. The molecule has 0 bridgehead atoms. The molecule has 0 aliphatic carbocycles. The maximum atomic E-state index is 11.1. The molecule has 84 valence electrons. The molecule has 4 nitrogen and oxygen atoms in total. The van der Waals surface area contributed by atoms with Crippen LogP contribution < -0.4 is 11.1 Å². The van der Waals surface area contributed by atoms with E-state index < -0.39 is 6.09 Å². The van der Waals surface area contributed by atoms with Crippen molar-refractivity contribution in [1.29, 1.82) is 0 Å². The molecular weight excluding hydrogens is 204 g/mol. The normalized spacial score (nSPS) is 8.88. The lowest BCUT2D eigenvalue weighted by Gasteiger charge is -2.04. The van der Waals surface area contributed by atoms with E-state index in [-0.39, 0.29) is 0 Å². The average molecular weight is 218 g/mol. The zero-order chi connectivity index (χ0) is 11.8. The van der Waals surface area contributed by atoms with Crippen molar-refractivity contribution in [3.8, 4) is 11.8 Å². The molecule has 0 spiro atoms. The van der Waals surface area contributed by atoms with Crippen LogP contribution in [-0.4, -0.2) is 19.2 Å². The van der Waals surface area contributed by atoms with Crippen LogP contribution >= 0.6 is 0 Å². The van der Waals surface area contributed by atoms with E-state index in [2.05, 4.69) is 17.2 Å². The first kappa shape index (κ1) is 12.1. The lowest BCUT2D eigenvalue weighted by molar-refractivity contribution is 0.168. The van der Waals surface area contributed by atoms with Gasteiger partial charge in [0, 0.05) is 11.3 Å². The third kappa shape index (κ3) is 4.03. The van der Waals surface area contributed by atoms with Gasteiger partial charge < -0.3 is 10.5 Å². The Hall–Kier alpha value is -1.99. The SMILES string of the molecule is CCOC(=O)Nc1ccc(C#CCN)cc1. The second-order valence-corrected chi connectivity index (χ2v) is 2.93. The van der Waals surface area contributed by atoms with Crippen molar-refractivity contribution in [2.75, 3.05) is 18.5 Å². The minimum atomic E-state index is -0.455. The van der Waals surface area contributed by atoms with E-state index in [1.165, 1.54) is 0 Å². The summed E-state index contributed by atoms with van der Waals surface area (Å²) < 4.78 is 4.75. The fraction of sp³-hybridized carbons (Fsp3) is 0.250. The fourth-order valence-electron chi connectivity index (χ4n) is 1.08. The summed E-state index contributed by atoms with van der Waals surface area (Å²) in [4.78, 5) is 11.1. The third-order valence-corrected chi connectivity index (χ3v) is 1.74. The number of benzene rings is 1. The zero-order valence-corrected chi connectivity index (χ0v) is 9.12. The number of nitrogens with one attached hydrogen (secondary N) is 1. The van der Waals surface area contributed by atoms with Crippen LogP contribution in [0.25, 0.3) is 0 Å². The molecule has 1 aromatic carbocycles. The third-order valence-electron chi connectivity index (χ3n) is 1.74. The molecule has 1 amide bonds. The highest BCUT2D eigenvalue weighted by Gasteiger charge is 2.00. The molecule has 0 aromatic heterocycles. The minimum Gasteiger partial charge on any atom is -0.450 e. The molecule has 1 rings (SSSR count). The summed E-state index contributed by atoms with van der Waals surface area (Å²) in [6, 6.07) is 7.14. The van der Waals surface area contributed by atoms with Crippen molar-refractivity contribution < 1.29 is 9.53 Å². The van der Waals surface area contributed by atoms with Crippen molar-refractivity contribution in [3.63, 3.8) is 0 Å². The van der Waals surface area contributed by atoms with Crippen LogP contribution in [0.3, 0.4) is 0 Å². The Kier molecular flexibility index (Phi) is 4.90. The average Bonchev–Trinajstić information content (AvgIpc) is 2.28.